The standard InChI is InChI=1S/C13H18F3NO2S/c1-4-9(2)10(3)17-11-5-7-12(8-6-11)20(18,19)13(14,15)16/h5-10,17H,4H2,1-3H3. The molecule has 1 aromatic rings. The van der Waals surface area contributed by atoms with E-state index in [1.165, 1.54) is 12.1 Å². The molecular formula is C13H18F3NO2S. The Hall–Kier alpha value is -1.24. The van der Waals surface area contributed by atoms with E-state index in [2.05, 4.69) is 12.2 Å². The number of alkyl halides is 3. The van der Waals surface area contributed by atoms with E-state index in [4.69, 9.17) is 0 Å². The van der Waals surface area contributed by atoms with Gasteiger partial charge in [0.1, 0.15) is 0 Å². The Morgan fingerprint density at radius 3 is 2.05 bits per heavy atom. The molecule has 3 nitrogen and oxygen atoms in total. The molecule has 0 radical (unpaired) electrons. The van der Waals surface area contributed by atoms with Crippen LogP contribution < -0.4 is 5.32 Å². The molecule has 114 valence electrons. The van der Waals surface area contributed by atoms with E-state index in [0.717, 1.165) is 18.6 Å². The molecule has 1 N–H and O–H groups in total. The fourth-order valence-corrected chi connectivity index (χ4v) is 2.38. The van der Waals surface area contributed by atoms with Crippen molar-refractivity contribution in [2.45, 2.75) is 43.6 Å². The number of halogens is 3. The maximum absolute atomic E-state index is 12.4. The second-order valence-corrected chi connectivity index (χ2v) is 6.73. The molecular weight excluding hydrogens is 291 g/mol. The van der Waals surface area contributed by atoms with E-state index in [1.54, 1.807) is 0 Å². The number of benzene rings is 1. The molecule has 0 bridgehead atoms. The lowest BCUT2D eigenvalue weighted by atomic mass is 10.0. The molecule has 1 aromatic carbocycles. The Bertz CT molecular complexity index is 538. The molecule has 0 saturated carbocycles. The molecule has 0 saturated heterocycles. The molecule has 1 rings (SSSR count). The number of hydrogen-bond acceptors (Lipinski definition) is 3. The third kappa shape index (κ3) is 3.65. The third-order valence-electron chi connectivity index (χ3n) is 3.36. The average Bonchev–Trinajstić information content (AvgIpc) is 2.37. The van der Waals surface area contributed by atoms with Crippen molar-refractivity contribution in [3.05, 3.63) is 24.3 Å². The second kappa shape index (κ2) is 6.03. The molecule has 0 amide bonds. The largest absolute Gasteiger partial charge is 0.501 e. The van der Waals surface area contributed by atoms with Gasteiger partial charge in [0.25, 0.3) is 9.84 Å². The normalized spacial score (nSPS) is 15.7. The van der Waals surface area contributed by atoms with Gasteiger partial charge in [0.15, 0.2) is 0 Å². The monoisotopic (exact) mass is 309 g/mol. The topological polar surface area (TPSA) is 46.2 Å². The molecule has 0 fully saturated rings. The van der Waals surface area contributed by atoms with Gasteiger partial charge in [-0.1, -0.05) is 20.3 Å². The van der Waals surface area contributed by atoms with Crippen molar-refractivity contribution in [2.75, 3.05) is 5.32 Å². The van der Waals surface area contributed by atoms with Crippen LogP contribution >= 0.6 is 0 Å². The van der Waals surface area contributed by atoms with Gasteiger partial charge < -0.3 is 5.32 Å². The first-order chi connectivity index (χ1) is 9.09. The van der Waals surface area contributed by atoms with E-state index in [-0.39, 0.29) is 6.04 Å². The Balaban J connectivity index is 2.91. The summed E-state index contributed by atoms with van der Waals surface area (Å²) in [6.07, 6.45) is 0.967. The maximum Gasteiger partial charge on any atom is 0.501 e. The van der Waals surface area contributed by atoms with Crippen LogP contribution in [-0.2, 0) is 9.84 Å². The predicted octanol–water partition coefficient (Wildman–Crippen LogP) is 3.83. The number of nitrogens with one attached hydrogen (secondary N) is 1. The fraction of sp³-hybridized carbons (Fsp3) is 0.538. The minimum atomic E-state index is -5.27. The summed E-state index contributed by atoms with van der Waals surface area (Å²) < 4.78 is 59.5. The molecule has 0 aliphatic rings. The first-order valence-electron chi connectivity index (χ1n) is 6.27. The molecule has 0 spiro atoms. The quantitative estimate of drug-likeness (QED) is 0.899. The Morgan fingerprint density at radius 2 is 1.65 bits per heavy atom. The van der Waals surface area contributed by atoms with Crippen molar-refractivity contribution in [1.82, 2.24) is 0 Å². The van der Waals surface area contributed by atoms with E-state index in [1.807, 2.05) is 13.8 Å². The molecule has 0 aliphatic heterocycles. The maximum atomic E-state index is 12.4. The van der Waals surface area contributed by atoms with Crippen LogP contribution in [0.25, 0.3) is 0 Å². The summed E-state index contributed by atoms with van der Waals surface area (Å²) in [5.41, 5.74) is -4.68. The lowest BCUT2D eigenvalue weighted by Gasteiger charge is -2.21. The Kier molecular flexibility index (Phi) is 5.07. The minimum Gasteiger partial charge on any atom is -0.382 e. The Morgan fingerprint density at radius 1 is 1.15 bits per heavy atom. The van der Waals surface area contributed by atoms with Gasteiger partial charge in [0, 0.05) is 11.7 Å². The highest BCUT2D eigenvalue weighted by molar-refractivity contribution is 7.92. The van der Waals surface area contributed by atoms with E-state index in [9.17, 15) is 21.6 Å². The number of rotatable bonds is 5. The molecule has 0 aliphatic carbocycles. The minimum absolute atomic E-state index is 0.144. The summed E-state index contributed by atoms with van der Waals surface area (Å²) in [4.78, 5) is -0.744. The van der Waals surface area contributed by atoms with Crippen LogP contribution in [0, 0.1) is 5.92 Å². The zero-order valence-electron chi connectivity index (χ0n) is 11.5. The van der Waals surface area contributed by atoms with E-state index < -0.39 is 20.2 Å². The average molecular weight is 309 g/mol. The van der Waals surface area contributed by atoms with Crippen molar-refractivity contribution >= 4 is 15.5 Å². The van der Waals surface area contributed by atoms with Crippen LogP contribution in [0.1, 0.15) is 27.2 Å². The van der Waals surface area contributed by atoms with Crippen LogP contribution in [0.5, 0.6) is 0 Å². The van der Waals surface area contributed by atoms with Gasteiger partial charge >= 0.3 is 5.51 Å². The van der Waals surface area contributed by atoms with Gasteiger partial charge in [-0.25, -0.2) is 8.42 Å². The van der Waals surface area contributed by atoms with Crippen LogP contribution in [0.15, 0.2) is 29.2 Å². The van der Waals surface area contributed by atoms with Crippen LogP contribution in [0.2, 0.25) is 0 Å². The summed E-state index contributed by atoms with van der Waals surface area (Å²) >= 11 is 0. The lowest BCUT2D eigenvalue weighted by Crippen LogP contribution is -2.24. The first-order valence-corrected chi connectivity index (χ1v) is 7.76. The third-order valence-corrected chi connectivity index (χ3v) is 4.86. The van der Waals surface area contributed by atoms with Gasteiger partial charge in [-0.2, -0.15) is 13.2 Å². The molecule has 2 unspecified atom stereocenters. The van der Waals surface area contributed by atoms with Crippen LogP contribution in [0.4, 0.5) is 18.9 Å². The van der Waals surface area contributed by atoms with Gasteiger partial charge in [0.05, 0.1) is 4.90 Å². The van der Waals surface area contributed by atoms with Crippen LogP contribution in [-0.4, -0.2) is 20.0 Å². The first kappa shape index (κ1) is 16.8. The van der Waals surface area contributed by atoms with Gasteiger partial charge in [-0.15, -0.1) is 0 Å². The van der Waals surface area contributed by atoms with Crippen molar-refractivity contribution < 1.29 is 21.6 Å². The second-order valence-electron chi connectivity index (χ2n) is 4.79. The zero-order valence-corrected chi connectivity index (χ0v) is 12.3. The summed E-state index contributed by atoms with van der Waals surface area (Å²) in [5, 5.41) is 3.13. The smallest absolute Gasteiger partial charge is 0.382 e. The number of sulfone groups is 1. The molecule has 2 atom stereocenters. The SMILES string of the molecule is CCC(C)C(C)Nc1ccc(S(=O)(=O)C(F)(F)F)cc1. The molecule has 0 aromatic heterocycles. The number of hydrogen-bond donors (Lipinski definition) is 1. The molecule has 7 heteroatoms. The predicted molar refractivity (Wildman–Crippen MR) is 72.2 cm³/mol. The van der Waals surface area contributed by atoms with Crippen molar-refractivity contribution in [1.29, 1.82) is 0 Å². The number of anilines is 1. The van der Waals surface area contributed by atoms with E-state index in [0.29, 0.717) is 11.6 Å². The summed E-state index contributed by atoms with van der Waals surface area (Å²) in [7, 11) is -5.27. The van der Waals surface area contributed by atoms with E-state index >= 15 is 0 Å². The summed E-state index contributed by atoms with van der Waals surface area (Å²) in [6.45, 7) is 6.07. The highest BCUT2D eigenvalue weighted by atomic mass is 32.2. The molecule has 20 heavy (non-hydrogen) atoms. The highest BCUT2D eigenvalue weighted by Gasteiger charge is 2.46. The fourth-order valence-electron chi connectivity index (χ4n) is 1.62. The lowest BCUT2D eigenvalue weighted by molar-refractivity contribution is -0.0436. The highest BCUT2D eigenvalue weighted by Crippen LogP contribution is 2.30. The Labute approximate surface area is 117 Å². The van der Waals surface area contributed by atoms with Crippen molar-refractivity contribution in [3.63, 3.8) is 0 Å². The van der Waals surface area contributed by atoms with Crippen molar-refractivity contribution in [2.24, 2.45) is 5.92 Å². The van der Waals surface area contributed by atoms with Crippen LogP contribution in [0.3, 0.4) is 0 Å². The van der Waals surface area contributed by atoms with Gasteiger partial charge in [0.2, 0.25) is 0 Å². The van der Waals surface area contributed by atoms with Gasteiger partial charge in [-0.05, 0) is 37.1 Å². The molecule has 0 heterocycles. The van der Waals surface area contributed by atoms with Gasteiger partial charge in [-0.3, -0.25) is 0 Å². The summed E-state index contributed by atoms with van der Waals surface area (Å²) in [5.74, 6) is 0.397. The van der Waals surface area contributed by atoms with Crippen molar-refractivity contribution in [3.8, 4) is 0 Å². The zero-order chi connectivity index (χ0) is 15.6. The summed E-state index contributed by atoms with van der Waals surface area (Å²) in [6, 6.07) is 4.77.